The summed E-state index contributed by atoms with van der Waals surface area (Å²) < 4.78 is 28.7. The van der Waals surface area contributed by atoms with Crippen molar-refractivity contribution in [3.05, 3.63) is 23.5 Å². The third-order valence-electron chi connectivity index (χ3n) is 6.70. The Labute approximate surface area is 290 Å². The van der Waals surface area contributed by atoms with E-state index in [0.29, 0.717) is 91.4 Å². The summed E-state index contributed by atoms with van der Waals surface area (Å²) in [7, 11) is 1.76. The van der Waals surface area contributed by atoms with Crippen molar-refractivity contribution < 1.29 is 76.7 Å². The van der Waals surface area contributed by atoms with Crippen LogP contribution >= 0.6 is 0 Å². The number of aryl methyl sites for hydroxylation is 1. The van der Waals surface area contributed by atoms with Crippen molar-refractivity contribution >= 4 is 24.3 Å². The monoisotopic (exact) mass is 764 g/mol. The van der Waals surface area contributed by atoms with Crippen LogP contribution in [0.25, 0.3) is 6.08 Å². The van der Waals surface area contributed by atoms with Gasteiger partial charge in [0.1, 0.15) is 11.6 Å². The second kappa shape index (κ2) is 24.2. The second-order valence-corrected chi connectivity index (χ2v) is 10.2. The summed E-state index contributed by atoms with van der Waals surface area (Å²) in [4.78, 5) is 37.6. The molecule has 1 fully saturated rings. The van der Waals surface area contributed by atoms with Crippen LogP contribution < -0.4 is 10.6 Å². The summed E-state index contributed by atoms with van der Waals surface area (Å²) in [6.45, 7) is 9.74. The first-order valence-corrected chi connectivity index (χ1v) is 14.5. The predicted octanol–water partition coefficient (Wildman–Crippen LogP) is -0.0863. The van der Waals surface area contributed by atoms with Crippen molar-refractivity contribution in [2.24, 2.45) is 24.8 Å². The molecule has 44 heavy (non-hydrogen) atoms. The molecule has 0 spiro atoms. The molecule has 249 valence electrons. The van der Waals surface area contributed by atoms with Crippen LogP contribution in [0.5, 0.6) is 0 Å². The number of ether oxygens (including phenoxy) is 5. The molecular weight excluding hydrogens is 719 g/mol. The molecule has 1 saturated heterocycles. The minimum absolute atomic E-state index is 0. The Morgan fingerprint density at radius 3 is 2.02 bits per heavy atom. The number of aromatic nitrogens is 2. The fourth-order valence-electron chi connectivity index (χ4n) is 4.45. The molecule has 14 nitrogen and oxygen atoms in total. The fourth-order valence-corrected chi connectivity index (χ4v) is 4.45. The molecule has 3 amide bonds. The van der Waals surface area contributed by atoms with Crippen LogP contribution in [0.4, 0.5) is 0 Å². The van der Waals surface area contributed by atoms with E-state index in [9.17, 15) is 19.6 Å². The molecule has 0 aliphatic carbocycles. The van der Waals surface area contributed by atoms with Crippen molar-refractivity contribution in [3.63, 3.8) is 0 Å². The van der Waals surface area contributed by atoms with Crippen molar-refractivity contribution in [2.75, 3.05) is 92.2 Å². The number of carbonyl (C=O) groups is 2. The van der Waals surface area contributed by atoms with E-state index in [1.165, 1.54) is 6.08 Å². The maximum absolute atomic E-state index is 13.1. The average Bonchev–Trinajstić information content (AvgIpc) is 3.63. The number of hydrogen-bond acceptors (Lipinski definition) is 10. The van der Waals surface area contributed by atoms with Gasteiger partial charge in [-0.15, -0.1) is 0 Å². The van der Waals surface area contributed by atoms with Gasteiger partial charge in [-0.25, -0.2) is 0 Å². The Balaban J connectivity index is 0.00000968. The Kier molecular flexibility index (Phi) is 22.0. The quantitative estimate of drug-likeness (QED) is 0.0506. The topological polar surface area (TPSA) is 166 Å². The van der Waals surface area contributed by atoms with E-state index in [1.807, 2.05) is 19.9 Å². The minimum Gasteiger partial charge on any atom is -0.528 e. The standard InChI is InChI=1S/C29H45N6O8.Tb/c1-23(2)26-20-35(29(38)24(19-30)18-25-4-7-34(3)33-25)21-27(26)28(37)32-6-9-40-11-13-42-15-17-43-16-14-41-12-10-39-8-5-31-22-36;/h4,7,18,23,26-27H,5-6,8-17,20-21H2,1-3H3,(H,31,36)(H,32,37);/q-1;/b24-18+;/t26-,27+;/m0./s1. The van der Waals surface area contributed by atoms with Gasteiger partial charge in [0.05, 0.1) is 77.7 Å². The molecule has 15 heteroatoms. The van der Waals surface area contributed by atoms with Gasteiger partial charge in [0, 0.05) is 78.0 Å². The molecule has 2 atom stereocenters. The molecule has 0 unspecified atom stereocenters. The van der Waals surface area contributed by atoms with Gasteiger partial charge >= 0.3 is 0 Å². The van der Waals surface area contributed by atoms with E-state index >= 15 is 0 Å². The molecule has 0 bridgehead atoms. The van der Waals surface area contributed by atoms with Crippen LogP contribution in [0.3, 0.4) is 0 Å². The molecule has 2 rings (SSSR count). The van der Waals surface area contributed by atoms with Crippen molar-refractivity contribution in [2.45, 2.75) is 13.8 Å². The molecule has 1 radical (unpaired) electrons. The van der Waals surface area contributed by atoms with Crippen LogP contribution in [-0.4, -0.2) is 125 Å². The molecule has 2 N–H and O–H groups in total. The average molecular weight is 765 g/mol. The summed E-state index contributed by atoms with van der Waals surface area (Å²) in [6, 6.07) is 3.71. The van der Waals surface area contributed by atoms with Gasteiger partial charge in [-0.3, -0.25) is 14.3 Å². The summed E-state index contributed by atoms with van der Waals surface area (Å²) in [5.41, 5.74) is 0.526. The number of nitrogens with one attached hydrogen (secondary N) is 2. The van der Waals surface area contributed by atoms with Gasteiger partial charge in [0.15, 0.2) is 0 Å². The van der Waals surface area contributed by atoms with Gasteiger partial charge in [-0.05, 0) is 24.0 Å². The Hall–Kier alpha value is -2.06. The summed E-state index contributed by atoms with van der Waals surface area (Å²) in [6.07, 6.45) is 4.79. The SMILES string of the molecule is CC(C)[C@@H]1CN(C(=O)/C(C#N)=C/c2ccn(C)n2)C[C@H]1C(=O)NCCOCCOCCOCCOCCOCCN[C-]=O.[Tb]. The fraction of sp³-hybridized carbons (Fsp3) is 0.690. The zero-order valence-corrected chi connectivity index (χ0v) is 27.9. The first-order valence-electron chi connectivity index (χ1n) is 14.5. The molecule has 1 aromatic heterocycles. The van der Waals surface area contributed by atoms with Crippen LogP contribution in [0, 0.1) is 67.7 Å². The minimum atomic E-state index is -0.391. The van der Waals surface area contributed by atoms with E-state index in [4.69, 9.17) is 23.7 Å². The molecule has 0 aromatic carbocycles. The van der Waals surface area contributed by atoms with Gasteiger partial charge in [0.25, 0.3) is 5.91 Å². The van der Waals surface area contributed by atoms with Crippen molar-refractivity contribution in [3.8, 4) is 6.07 Å². The van der Waals surface area contributed by atoms with Gasteiger partial charge in [-0.2, -0.15) is 16.8 Å². The number of likely N-dealkylation sites (tertiary alicyclic amines) is 1. The van der Waals surface area contributed by atoms with Crippen molar-refractivity contribution in [1.82, 2.24) is 25.3 Å². The first kappa shape index (κ1) is 40.0. The van der Waals surface area contributed by atoms with Gasteiger partial charge < -0.3 is 44.0 Å². The molecule has 1 aliphatic rings. The number of carbonyl (C=O) groups excluding carboxylic acids is 3. The van der Waals surface area contributed by atoms with Gasteiger partial charge in [-0.1, -0.05) is 13.8 Å². The molecule has 1 aromatic rings. The van der Waals surface area contributed by atoms with E-state index < -0.39 is 5.91 Å². The van der Waals surface area contributed by atoms with Crippen LogP contribution in [0.15, 0.2) is 17.8 Å². The van der Waals surface area contributed by atoms with Gasteiger partial charge in [0.2, 0.25) is 5.91 Å². The maximum atomic E-state index is 13.1. The number of hydrogen-bond donors (Lipinski definition) is 2. The molecular formula is C29H45N6O8Tb-. The number of rotatable bonds is 23. The van der Waals surface area contributed by atoms with E-state index in [2.05, 4.69) is 15.7 Å². The van der Waals surface area contributed by atoms with Crippen molar-refractivity contribution in [1.29, 1.82) is 5.26 Å². The third-order valence-corrected chi connectivity index (χ3v) is 6.70. The number of amides is 3. The Bertz CT molecular complexity index is 1050. The summed E-state index contributed by atoms with van der Waals surface area (Å²) >= 11 is 0. The van der Waals surface area contributed by atoms with E-state index in [0.717, 1.165) is 0 Å². The second-order valence-electron chi connectivity index (χ2n) is 10.2. The normalized spacial score (nSPS) is 16.4. The first-order chi connectivity index (χ1) is 20.9. The maximum Gasteiger partial charge on any atom is 0.264 e. The molecule has 0 saturated carbocycles. The molecule has 2 heterocycles. The zero-order valence-electron chi connectivity index (χ0n) is 25.8. The largest absolute Gasteiger partial charge is 0.528 e. The third kappa shape index (κ3) is 15.8. The zero-order chi connectivity index (χ0) is 31.3. The van der Waals surface area contributed by atoms with Crippen LogP contribution in [0.2, 0.25) is 0 Å². The van der Waals surface area contributed by atoms with Crippen LogP contribution in [-0.2, 0) is 45.1 Å². The number of nitrogens with zero attached hydrogens (tertiary/aromatic N) is 4. The Morgan fingerprint density at radius 2 is 1.55 bits per heavy atom. The van der Waals surface area contributed by atoms with Crippen LogP contribution in [0.1, 0.15) is 19.5 Å². The Morgan fingerprint density at radius 1 is 1.00 bits per heavy atom. The predicted molar refractivity (Wildman–Crippen MR) is 156 cm³/mol. The number of nitriles is 1. The summed E-state index contributed by atoms with van der Waals surface area (Å²) in [5, 5.41) is 19.1. The molecule has 1 aliphatic heterocycles. The van der Waals surface area contributed by atoms with E-state index in [-0.39, 0.29) is 74.4 Å². The summed E-state index contributed by atoms with van der Waals surface area (Å²) in [5.74, 6) is -0.710. The van der Waals surface area contributed by atoms with E-state index in [1.54, 1.807) is 35.3 Å². The smallest absolute Gasteiger partial charge is 0.264 e.